The first-order valence-corrected chi connectivity index (χ1v) is 10.9. The van der Waals surface area contributed by atoms with E-state index >= 15 is 0 Å². The molecular weight excluding hydrogens is 408 g/mol. The van der Waals surface area contributed by atoms with Crippen LogP contribution in [0.5, 0.6) is 0 Å². The van der Waals surface area contributed by atoms with E-state index in [9.17, 15) is 25.2 Å². The standard InChI is InChI=1S/C18H34N2O6S.ClH/c1-5-6-10-7-11(20(3)8-10)17(25)19-12(9(2)21)16-14(23)13(22)15(24)18(26-16)27-4;/h9-16,18,21-24H,5-8H2,1-4H3,(H,19,25);1H. The van der Waals surface area contributed by atoms with Crippen molar-refractivity contribution in [1.29, 1.82) is 0 Å². The molecular formula is C18H35ClN2O6S. The summed E-state index contributed by atoms with van der Waals surface area (Å²) < 4.78 is 5.72. The lowest BCUT2D eigenvalue weighted by Gasteiger charge is -2.44. The summed E-state index contributed by atoms with van der Waals surface area (Å²) in [7, 11) is 1.91. The van der Waals surface area contributed by atoms with Crippen molar-refractivity contribution in [3.05, 3.63) is 0 Å². The Bertz CT molecular complexity index is 501. The molecule has 0 spiro atoms. The fraction of sp³-hybridized carbons (Fsp3) is 0.944. The van der Waals surface area contributed by atoms with Gasteiger partial charge in [0.2, 0.25) is 5.91 Å². The van der Waals surface area contributed by atoms with E-state index in [1.807, 2.05) is 11.9 Å². The maximum absolute atomic E-state index is 12.8. The van der Waals surface area contributed by atoms with E-state index in [4.69, 9.17) is 4.74 Å². The highest BCUT2D eigenvalue weighted by Crippen LogP contribution is 2.30. The predicted molar refractivity (Wildman–Crippen MR) is 110 cm³/mol. The van der Waals surface area contributed by atoms with Crippen molar-refractivity contribution in [1.82, 2.24) is 10.2 Å². The van der Waals surface area contributed by atoms with Crippen LogP contribution < -0.4 is 5.32 Å². The normalized spacial score (nSPS) is 38.5. The smallest absolute Gasteiger partial charge is 0.237 e. The summed E-state index contributed by atoms with van der Waals surface area (Å²) in [6.07, 6.45) is -1.50. The number of rotatable bonds is 7. The van der Waals surface area contributed by atoms with Crippen LogP contribution in [0.15, 0.2) is 0 Å². The first kappa shape index (κ1) is 25.9. The average Bonchev–Trinajstić information content (AvgIpc) is 2.99. The van der Waals surface area contributed by atoms with Gasteiger partial charge in [-0.1, -0.05) is 13.3 Å². The molecule has 0 radical (unpaired) electrons. The van der Waals surface area contributed by atoms with Gasteiger partial charge in [0.1, 0.15) is 29.9 Å². The zero-order valence-corrected chi connectivity index (χ0v) is 18.5. The Hall–Kier alpha value is -0.130. The van der Waals surface area contributed by atoms with Crippen LogP contribution in [0.3, 0.4) is 0 Å². The molecule has 9 unspecified atom stereocenters. The number of amides is 1. The Labute approximate surface area is 177 Å². The monoisotopic (exact) mass is 442 g/mol. The minimum atomic E-state index is -1.42. The maximum atomic E-state index is 12.8. The van der Waals surface area contributed by atoms with E-state index < -0.39 is 42.0 Å². The number of halogens is 1. The molecule has 9 atom stereocenters. The third kappa shape index (κ3) is 5.72. The minimum absolute atomic E-state index is 0. The molecule has 0 aliphatic carbocycles. The Balaban J connectivity index is 0.00000392. The zero-order chi connectivity index (χ0) is 20.3. The molecule has 0 aromatic rings. The number of hydrogen-bond donors (Lipinski definition) is 5. The molecule has 2 aliphatic heterocycles. The lowest BCUT2D eigenvalue weighted by Crippen LogP contribution is -2.65. The second-order valence-corrected chi connectivity index (χ2v) is 8.73. The molecule has 2 aliphatic rings. The summed E-state index contributed by atoms with van der Waals surface area (Å²) >= 11 is 1.20. The zero-order valence-electron chi connectivity index (χ0n) is 16.9. The van der Waals surface area contributed by atoms with Gasteiger partial charge in [-0.05, 0) is 39.0 Å². The third-order valence-electron chi connectivity index (χ3n) is 5.66. The summed E-state index contributed by atoms with van der Waals surface area (Å²) in [6.45, 7) is 4.48. The quantitative estimate of drug-likeness (QED) is 0.360. The first-order valence-electron chi connectivity index (χ1n) is 9.62. The Morgan fingerprint density at radius 2 is 1.93 bits per heavy atom. The van der Waals surface area contributed by atoms with Crippen LogP contribution in [-0.2, 0) is 9.53 Å². The number of ether oxygens (including phenoxy) is 1. The number of nitrogens with one attached hydrogen (secondary N) is 1. The summed E-state index contributed by atoms with van der Waals surface area (Å²) in [4.78, 5) is 14.9. The highest BCUT2D eigenvalue weighted by Gasteiger charge is 2.48. The Morgan fingerprint density at radius 3 is 2.46 bits per heavy atom. The largest absolute Gasteiger partial charge is 0.391 e. The Morgan fingerprint density at radius 1 is 1.29 bits per heavy atom. The molecule has 2 rings (SSSR count). The third-order valence-corrected chi connectivity index (χ3v) is 6.51. The molecule has 2 heterocycles. The number of carbonyl (C=O) groups is 1. The van der Waals surface area contributed by atoms with Crippen molar-refractivity contribution in [2.24, 2.45) is 5.92 Å². The SMILES string of the molecule is CCCC1CC(C(=O)NC(C(C)O)C2OC(SC)C(O)C(O)C2O)N(C)C1.Cl. The van der Waals surface area contributed by atoms with Crippen molar-refractivity contribution in [3.8, 4) is 0 Å². The molecule has 1 amide bonds. The van der Waals surface area contributed by atoms with Crippen LogP contribution in [0.4, 0.5) is 0 Å². The molecule has 8 nitrogen and oxygen atoms in total. The summed E-state index contributed by atoms with van der Waals surface area (Å²) in [5.41, 5.74) is -0.755. The molecule has 0 aromatic heterocycles. The van der Waals surface area contributed by atoms with E-state index in [0.29, 0.717) is 5.92 Å². The number of aliphatic hydroxyl groups is 4. The molecule has 5 N–H and O–H groups in total. The molecule has 166 valence electrons. The molecule has 0 aromatic carbocycles. The van der Waals surface area contributed by atoms with Gasteiger partial charge in [0, 0.05) is 6.54 Å². The van der Waals surface area contributed by atoms with Crippen LogP contribution >= 0.6 is 24.2 Å². The van der Waals surface area contributed by atoms with Crippen molar-refractivity contribution >= 4 is 30.1 Å². The molecule has 10 heteroatoms. The lowest BCUT2D eigenvalue weighted by molar-refractivity contribution is -0.211. The summed E-state index contributed by atoms with van der Waals surface area (Å²) in [5.74, 6) is 0.245. The van der Waals surface area contributed by atoms with Gasteiger partial charge in [-0.15, -0.1) is 24.2 Å². The molecule has 28 heavy (non-hydrogen) atoms. The van der Waals surface area contributed by atoms with Crippen LogP contribution in [0.1, 0.15) is 33.1 Å². The number of likely N-dealkylation sites (tertiary alicyclic amines) is 1. The highest BCUT2D eigenvalue weighted by molar-refractivity contribution is 7.99. The Kier molecular flexibility index (Phi) is 10.5. The minimum Gasteiger partial charge on any atom is -0.391 e. The molecule has 2 fully saturated rings. The van der Waals surface area contributed by atoms with Crippen LogP contribution in [0.25, 0.3) is 0 Å². The fourth-order valence-electron chi connectivity index (χ4n) is 4.13. The van der Waals surface area contributed by atoms with Gasteiger partial charge in [0.25, 0.3) is 0 Å². The van der Waals surface area contributed by atoms with E-state index in [1.165, 1.54) is 18.7 Å². The summed E-state index contributed by atoms with van der Waals surface area (Å²) in [6, 6.07) is -1.20. The van der Waals surface area contributed by atoms with Gasteiger partial charge < -0.3 is 30.5 Å². The van der Waals surface area contributed by atoms with Gasteiger partial charge in [0.15, 0.2) is 0 Å². The van der Waals surface area contributed by atoms with Crippen molar-refractivity contribution < 1.29 is 30.0 Å². The lowest BCUT2D eigenvalue weighted by atomic mass is 9.92. The van der Waals surface area contributed by atoms with Crippen molar-refractivity contribution in [2.45, 2.75) is 81.1 Å². The topological polar surface area (TPSA) is 122 Å². The van der Waals surface area contributed by atoms with Crippen LogP contribution in [0, 0.1) is 5.92 Å². The number of aliphatic hydroxyl groups excluding tert-OH is 4. The number of nitrogens with zero attached hydrogens (tertiary/aromatic N) is 1. The molecule has 2 saturated heterocycles. The van der Waals surface area contributed by atoms with E-state index in [0.717, 1.165) is 25.8 Å². The molecule has 0 saturated carbocycles. The number of likely N-dealkylation sites (N-methyl/N-ethyl adjacent to an activating group) is 1. The second kappa shape index (κ2) is 11.3. The number of hydrogen-bond acceptors (Lipinski definition) is 8. The van der Waals surface area contributed by atoms with Gasteiger partial charge in [-0.2, -0.15) is 0 Å². The van der Waals surface area contributed by atoms with Crippen molar-refractivity contribution in [2.75, 3.05) is 19.8 Å². The van der Waals surface area contributed by atoms with Gasteiger partial charge in [0.05, 0.1) is 18.2 Å². The summed E-state index contributed by atoms with van der Waals surface area (Å²) in [5, 5.41) is 43.5. The fourth-order valence-corrected chi connectivity index (χ4v) is 4.81. The number of thioether (sulfide) groups is 1. The number of carbonyl (C=O) groups excluding carboxylic acids is 1. The van der Waals surface area contributed by atoms with Gasteiger partial charge in [-0.25, -0.2) is 0 Å². The first-order chi connectivity index (χ1) is 12.7. The van der Waals surface area contributed by atoms with Crippen LogP contribution in [-0.4, -0.2) is 99.1 Å². The highest BCUT2D eigenvalue weighted by atomic mass is 35.5. The van der Waals surface area contributed by atoms with E-state index in [1.54, 1.807) is 6.26 Å². The second-order valence-electron chi connectivity index (χ2n) is 7.80. The van der Waals surface area contributed by atoms with E-state index in [2.05, 4.69) is 12.2 Å². The maximum Gasteiger partial charge on any atom is 0.237 e. The van der Waals surface area contributed by atoms with Crippen molar-refractivity contribution in [3.63, 3.8) is 0 Å². The molecule has 0 bridgehead atoms. The van der Waals surface area contributed by atoms with Gasteiger partial charge in [-0.3, -0.25) is 9.69 Å². The van der Waals surface area contributed by atoms with Gasteiger partial charge >= 0.3 is 0 Å². The van der Waals surface area contributed by atoms with Crippen LogP contribution in [0.2, 0.25) is 0 Å². The average molecular weight is 443 g/mol. The predicted octanol–water partition coefficient (Wildman–Crippen LogP) is -0.435. The van der Waals surface area contributed by atoms with E-state index in [-0.39, 0.29) is 24.4 Å².